The highest BCUT2D eigenvalue weighted by molar-refractivity contribution is 5.43. The van der Waals surface area contributed by atoms with Crippen molar-refractivity contribution in [3.63, 3.8) is 0 Å². The van der Waals surface area contributed by atoms with E-state index in [2.05, 4.69) is 45.1 Å². The van der Waals surface area contributed by atoms with Crippen LogP contribution in [0.15, 0.2) is 70.9 Å². The van der Waals surface area contributed by atoms with Crippen molar-refractivity contribution in [1.82, 2.24) is 0 Å². The molecule has 1 heteroatoms. The smallest absolute Gasteiger partial charge is 0.123 e. The fraction of sp³-hybridized carbons (Fsp3) is 0.333. The summed E-state index contributed by atoms with van der Waals surface area (Å²) in [5.41, 5.74) is 6.44. The lowest BCUT2D eigenvalue weighted by molar-refractivity contribution is 0.626. The molecule has 0 nitrogen and oxygen atoms in total. The molecule has 116 valence electrons. The molecule has 0 unspecified atom stereocenters. The molecule has 0 amide bonds. The fourth-order valence-electron chi connectivity index (χ4n) is 2.74. The second kappa shape index (κ2) is 7.93. The minimum Gasteiger partial charge on any atom is -0.207 e. The molecule has 0 atom stereocenters. The summed E-state index contributed by atoms with van der Waals surface area (Å²) in [4.78, 5) is 0. The van der Waals surface area contributed by atoms with E-state index >= 15 is 0 Å². The largest absolute Gasteiger partial charge is 0.207 e. The minimum absolute atomic E-state index is 0.162. The van der Waals surface area contributed by atoms with Gasteiger partial charge in [-0.15, -0.1) is 0 Å². The number of allylic oxidation sites excluding steroid dienone is 8. The van der Waals surface area contributed by atoms with Crippen molar-refractivity contribution >= 4 is 0 Å². The van der Waals surface area contributed by atoms with Gasteiger partial charge in [-0.3, -0.25) is 0 Å². The van der Waals surface area contributed by atoms with E-state index in [1.807, 2.05) is 6.07 Å². The van der Waals surface area contributed by atoms with Gasteiger partial charge in [0.1, 0.15) is 5.82 Å². The van der Waals surface area contributed by atoms with Crippen molar-refractivity contribution < 1.29 is 4.39 Å². The highest BCUT2D eigenvalue weighted by Crippen LogP contribution is 2.26. The molecule has 0 bridgehead atoms. The molecule has 0 saturated carbocycles. The number of hydrogen-bond donors (Lipinski definition) is 0. The standard InChI is InChI=1S/C21H25F/c1-4-18(19-10-6-5-7-11-19)15-20(16(2)3)13-17-9-8-12-21(22)14-17/h5-6,8-10,12,14-15H,4,7,11,13H2,1-3H3/b18-15+. The average Bonchev–Trinajstić information content (AvgIpc) is 2.52. The molecule has 0 radical (unpaired) electrons. The van der Waals surface area contributed by atoms with Crippen molar-refractivity contribution in [2.75, 3.05) is 0 Å². The van der Waals surface area contributed by atoms with Crippen LogP contribution in [0.3, 0.4) is 0 Å². The van der Waals surface area contributed by atoms with Gasteiger partial charge >= 0.3 is 0 Å². The Labute approximate surface area is 133 Å². The monoisotopic (exact) mass is 296 g/mol. The van der Waals surface area contributed by atoms with Crippen LogP contribution in [-0.4, -0.2) is 0 Å². The summed E-state index contributed by atoms with van der Waals surface area (Å²) in [6.07, 6.45) is 13.0. The fourth-order valence-corrected chi connectivity index (χ4v) is 2.74. The number of hydrogen-bond acceptors (Lipinski definition) is 0. The van der Waals surface area contributed by atoms with Gasteiger partial charge in [0, 0.05) is 0 Å². The van der Waals surface area contributed by atoms with Crippen LogP contribution >= 0.6 is 0 Å². The molecule has 1 aliphatic rings. The maximum atomic E-state index is 13.4. The molecule has 1 aliphatic carbocycles. The van der Waals surface area contributed by atoms with Crippen LogP contribution in [0.25, 0.3) is 0 Å². The van der Waals surface area contributed by atoms with E-state index < -0.39 is 0 Å². The maximum absolute atomic E-state index is 13.4. The van der Waals surface area contributed by atoms with Crippen LogP contribution in [0.2, 0.25) is 0 Å². The molecule has 0 heterocycles. The molecule has 0 saturated heterocycles. The Morgan fingerprint density at radius 2 is 2.09 bits per heavy atom. The van der Waals surface area contributed by atoms with Gasteiger partial charge in [-0.2, -0.15) is 0 Å². The van der Waals surface area contributed by atoms with Crippen molar-refractivity contribution in [3.8, 4) is 0 Å². The quantitative estimate of drug-likeness (QED) is 0.558. The summed E-state index contributed by atoms with van der Waals surface area (Å²) in [6.45, 7) is 6.47. The summed E-state index contributed by atoms with van der Waals surface area (Å²) < 4.78 is 13.4. The van der Waals surface area contributed by atoms with Gasteiger partial charge in [0.25, 0.3) is 0 Å². The van der Waals surface area contributed by atoms with E-state index in [0.717, 1.165) is 31.2 Å². The molecule has 22 heavy (non-hydrogen) atoms. The molecule has 2 rings (SSSR count). The van der Waals surface area contributed by atoms with Crippen LogP contribution in [0.1, 0.15) is 45.6 Å². The van der Waals surface area contributed by atoms with E-state index in [-0.39, 0.29) is 5.82 Å². The van der Waals surface area contributed by atoms with Crippen LogP contribution in [0, 0.1) is 5.82 Å². The third-order valence-corrected chi connectivity index (χ3v) is 4.08. The molecule has 0 fully saturated rings. The topological polar surface area (TPSA) is 0 Å². The summed E-state index contributed by atoms with van der Waals surface area (Å²) in [5, 5.41) is 0. The van der Waals surface area contributed by atoms with Crippen LogP contribution in [0.4, 0.5) is 4.39 Å². The van der Waals surface area contributed by atoms with Crippen LogP contribution < -0.4 is 0 Å². The first-order chi connectivity index (χ1) is 10.6. The number of rotatable bonds is 5. The van der Waals surface area contributed by atoms with Gasteiger partial charge < -0.3 is 0 Å². The summed E-state index contributed by atoms with van der Waals surface area (Å²) in [6, 6.07) is 6.91. The molecule has 1 aromatic rings. The van der Waals surface area contributed by atoms with Gasteiger partial charge in [-0.1, -0.05) is 48.9 Å². The van der Waals surface area contributed by atoms with Gasteiger partial charge in [0.2, 0.25) is 0 Å². The van der Waals surface area contributed by atoms with Crippen molar-refractivity contribution in [1.29, 1.82) is 0 Å². The van der Waals surface area contributed by atoms with Crippen LogP contribution in [-0.2, 0) is 6.42 Å². The van der Waals surface area contributed by atoms with Crippen LogP contribution in [0.5, 0.6) is 0 Å². The number of benzene rings is 1. The van der Waals surface area contributed by atoms with E-state index in [4.69, 9.17) is 0 Å². The zero-order valence-corrected chi connectivity index (χ0v) is 13.8. The highest BCUT2D eigenvalue weighted by atomic mass is 19.1. The Bertz CT molecular complexity index is 638. The maximum Gasteiger partial charge on any atom is 0.123 e. The first kappa shape index (κ1) is 16.5. The van der Waals surface area contributed by atoms with Crippen molar-refractivity contribution in [3.05, 3.63) is 82.2 Å². The highest BCUT2D eigenvalue weighted by Gasteiger charge is 2.08. The Morgan fingerprint density at radius 1 is 1.27 bits per heavy atom. The third kappa shape index (κ3) is 4.56. The molecular weight excluding hydrogens is 271 g/mol. The number of halogens is 1. The van der Waals surface area contributed by atoms with Gasteiger partial charge in [-0.25, -0.2) is 4.39 Å². The Hall–Kier alpha value is -1.89. The molecule has 0 aliphatic heterocycles. The molecule has 0 aromatic heterocycles. The molecule has 0 N–H and O–H groups in total. The van der Waals surface area contributed by atoms with E-state index in [9.17, 15) is 4.39 Å². The van der Waals surface area contributed by atoms with E-state index in [0.29, 0.717) is 0 Å². The summed E-state index contributed by atoms with van der Waals surface area (Å²) >= 11 is 0. The van der Waals surface area contributed by atoms with Crippen molar-refractivity contribution in [2.45, 2.75) is 46.5 Å². The molecule has 1 aromatic carbocycles. The zero-order chi connectivity index (χ0) is 15.9. The predicted molar refractivity (Wildman–Crippen MR) is 93.3 cm³/mol. The average molecular weight is 296 g/mol. The van der Waals surface area contributed by atoms with E-state index in [1.165, 1.54) is 28.4 Å². The minimum atomic E-state index is -0.162. The normalized spacial score (nSPS) is 14.7. The van der Waals surface area contributed by atoms with Gasteiger partial charge in [0.15, 0.2) is 0 Å². The Balaban J connectivity index is 2.28. The lowest BCUT2D eigenvalue weighted by Gasteiger charge is -2.14. The summed E-state index contributed by atoms with van der Waals surface area (Å²) in [7, 11) is 0. The molecule has 0 spiro atoms. The summed E-state index contributed by atoms with van der Waals surface area (Å²) in [5.74, 6) is -0.162. The Morgan fingerprint density at radius 3 is 2.68 bits per heavy atom. The second-order valence-electron chi connectivity index (χ2n) is 6.01. The third-order valence-electron chi connectivity index (χ3n) is 4.08. The first-order valence-corrected chi connectivity index (χ1v) is 8.07. The predicted octanol–water partition coefficient (Wildman–Crippen LogP) is 6.32. The molecular formula is C21H25F. The van der Waals surface area contributed by atoms with E-state index in [1.54, 1.807) is 12.1 Å². The second-order valence-corrected chi connectivity index (χ2v) is 6.01. The first-order valence-electron chi connectivity index (χ1n) is 8.07. The van der Waals surface area contributed by atoms with Gasteiger partial charge in [-0.05, 0) is 73.9 Å². The Kier molecular flexibility index (Phi) is 5.94. The SMILES string of the molecule is CC/C(=C\C(Cc1cccc(F)c1)=C(C)C)C1=CC=CCC1. The van der Waals surface area contributed by atoms with Gasteiger partial charge in [0.05, 0.1) is 0 Å². The lowest BCUT2D eigenvalue weighted by Crippen LogP contribution is -1.97. The lowest BCUT2D eigenvalue weighted by atomic mass is 9.91. The van der Waals surface area contributed by atoms with Crippen molar-refractivity contribution in [2.24, 2.45) is 0 Å². The zero-order valence-electron chi connectivity index (χ0n) is 13.8.